The van der Waals surface area contributed by atoms with E-state index in [1.807, 2.05) is 18.2 Å². The van der Waals surface area contributed by atoms with E-state index in [1.54, 1.807) is 37.1 Å². The van der Waals surface area contributed by atoms with Crippen molar-refractivity contribution in [2.75, 3.05) is 7.11 Å². The van der Waals surface area contributed by atoms with Gasteiger partial charge in [-0.05, 0) is 18.2 Å². The number of nitrogens with zero attached hydrogens (tertiary/aromatic N) is 3. The molecule has 0 saturated carbocycles. The largest absolute Gasteiger partial charge is 0.400 e. The Hall–Kier alpha value is -2.92. The van der Waals surface area contributed by atoms with Gasteiger partial charge < -0.3 is 5.11 Å². The highest BCUT2D eigenvalue weighted by atomic mass is 16.2. The van der Waals surface area contributed by atoms with Gasteiger partial charge in [-0.15, -0.1) is 0 Å². The van der Waals surface area contributed by atoms with Crippen LogP contribution in [0.15, 0.2) is 61.4 Å². The van der Waals surface area contributed by atoms with E-state index in [4.69, 9.17) is 5.11 Å². The summed E-state index contributed by atoms with van der Waals surface area (Å²) in [6, 6.07) is 7.67. The highest BCUT2D eigenvalue weighted by molar-refractivity contribution is 5.78. The molecule has 3 aromatic rings. The third kappa shape index (κ3) is 3.59. The third-order valence-electron chi connectivity index (χ3n) is 2.96. The number of rotatable bonds is 3. The zero-order valence-electron chi connectivity index (χ0n) is 12.0. The summed E-state index contributed by atoms with van der Waals surface area (Å²) in [4.78, 5) is 23.2. The van der Waals surface area contributed by atoms with Crippen LogP contribution in [-0.2, 0) is 0 Å². The first kappa shape index (κ1) is 15.5. The second-order valence-electron chi connectivity index (χ2n) is 4.33. The molecule has 22 heavy (non-hydrogen) atoms. The van der Waals surface area contributed by atoms with Crippen LogP contribution >= 0.6 is 0 Å². The summed E-state index contributed by atoms with van der Waals surface area (Å²) in [5.74, 6) is 0. The third-order valence-corrected chi connectivity index (χ3v) is 2.96. The van der Waals surface area contributed by atoms with Crippen molar-refractivity contribution in [1.82, 2.24) is 15.0 Å². The van der Waals surface area contributed by atoms with Crippen LogP contribution in [0, 0.1) is 0 Å². The molecule has 0 amide bonds. The summed E-state index contributed by atoms with van der Waals surface area (Å²) in [7, 11) is 1.00. The van der Waals surface area contributed by atoms with Gasteiger partial charge in [0.25, 0.3) is 0 Å². The first-order valence-electron chi connectivity index (χ1n) is 6.57. The minimum Gasteiger partial charge on any atom is -0.400 e. The SMILES string of the molecule is CO.O=Cc1cncc(-c2cncc(-c3cccnc3)c2)c1. The van der Waals surface area contributed by atoms with Crippen molar-refractivity contribution in [2.24, 2.45) is 0 Å². The summed E-state index contributed by atoms with van der Waals surface area (Å²) in [5.41, 5.74) is 4.32. The molecule has 0 fully saturated rings. The molecule has 0 saturated heterocycles. The van der Waals surface area contributed by atoms with Gasteiger partial charge in [-0.1, -0.05) is 6.07 Å². The maximum atomic E-state index is 10.8. The molecule has 0 aromatic carbocycles. The van der Waals surface area contributed by atoms with Gasteiger partial charge in [0.2, 0.25) is 0 Å². The Morgan fingerprint density at radius 2 is 1.41 bits per heavy atom. The highest BCUT2D eigenvalue weighted by Crippen LogP contribution is 2.24. The number of hydrogen-bond donors (Lipinski definition) is 1. The van der Waals surface area contributed by atoms with Crippen LogP contribution in [0.4, 0.5) is 0 Å². The smallest absolute Gasteiger partial charge is 0.151 e. The van der Waals surface area contributed by atoms with Crippen molar-refractivity contribution in [3.05, 3.63) is 67.0 Å². The lowest BCUT2D eigenvalue weighted by Crippen LogP contribution is -1.88. The minimum atomic E-state index is 0.550. The summed E-state index contributed by atoms with van der Waals surface area (Å²) >= 11 is 0. The average Bonchev–Trinajstić information content (AvgIpc) is 2.64. The first-order valence-corrected chi connectivity index (χ1v) is 6.57. The molecule has 0 spiro atoms. The zero-order chi connectivity index (χ0) is 15.8. The van der Waals surface area contributed by atoms with Gasteiger partial charge >= 0.3 is 0 Å². The number of aldehydes is 1. The predicted molar refractivity (Wildman–Crippen MR) is 84.2 cm³/mol. The zero-order valence-corrected chi connectivity index (χ0v) is 12.0. The molecule has 3 rings (SSSR count). The Bertz CT molecular complexity index is 746. The molecule has 0 unspecified atom stereocenters. The van der Waals surface area contributed by atoms with Crippen molar-refractivity contribution in [3.63, 3.8) is 0 Å². The van der Waals surface area contributed by atoms with Gasteiger partial charge in [-0.2, -0.15) is 0 Å². The number of aliphatic hydroxyl groups is 1. The lowest BCUT2D eigenvalue weighted by molar-refractivity contribution is 0.112. The van der Waals surface area contributed by atoms with Crippen LogP contribution in [0.3, 0.4) is 0 Å². The number of aliphatic hydroxyl groups excluding tert-OH is 1. The molecule has 3 heterocycles. The Labute approximate surface area is 128 Å². The topological polar surface area (TPSA) is 76.0 Å². The molecule has 0 aliphatic rings. The van der Waals surface area contributed by atoms with Crippen molar-refractivity contribution >= 4 is 6.29 Å². The van der Waals surface area contributed by atoms with Crippen molar-refractivity contribution < 1.29 is 9.90 Å². The van der Waals surface area contributed by atoms with Gasteiger partial charge in [-0.3, -0.25) is 19.7 Å². The standard InChI is InChI=1S/C16H11N3O.CH4O/c20-11-12-4-14(8-18-6-12)16-5-15(9-19-10-16)13-2-1-3-17-7-13;1-2/h1-11H;2H,1H3. The molecule has 110 valence electrons. The van der Waals surface area contributed by atoms with Crippen LogP contribution < -0.4 is 0 Å². The quantitative estimate of drug-likeness (QED) is 0.751. The van der Waals surface area contributed by atoms with E-state index >= 15 is 0 Å². The predicted octanol–water partition coefficient (Wildman–Crippen LogP) is 2.63. The average molecular weight is 293 g/mol. The second kappa shape index (κ2) is 7.75. The molecule has 0 aliphatic heterocycles. The monoisotopic (exact) mass is 293 g/mol. The van der Waals surface area contributed by atoms with Crippen molar-refractivity contribution in [2.45, 2.75) is 0 Å². The van der Waals surface area contributed by atoms with Crippen LogP contribution in [-0.4, -0.2) is 33.5 Å². The number of carbonyl (C=O) groups is 1. The van der Waals surface area contributed by atoms with Gasteiger partial charge in [0, 0.05) is 72.1 Å². The summed E-state index contributed by atoms with van der Waals surface area (Å²) in [6.45, 7) is 0. The Kier molecular flexibility index (Phi) is 5.45. The Morgan fingerprint density at radius 3 is 2.05 bits per heavy atom. The number of carbonyl (C=O) groups excluding carboxylic acids is 1. The lowest BCUT2D eigenvalue weighted by atomic mass is 10.0. The molecule has 0 atom stereocenters. The van der Waals surface area contributed by atoms with E-state index in [-0.39, 0.29) is 0 Å². The minimum absolute atomic E-state index is 0.550. The van der Waals surface area contributed by atoms with E-state index in [0.29, 0.717) is 5.56 Å². The molecule has 0 radical (unpaired) electrons. The molecule has 1 N–H and O–H groups in total. The lowest BCUT2D eigenvalue weighted by Gasteiger charge is -2.05. The second-order valence-corrected chi connectivity index (χ2v) is 4.33. The Morgan fingerprint density at radius 1 is 0.818 bits per heavy atom. The summed E-state index contributed by atoms with van der Waals surface area (Å²) in [5, 5.41) is 7.00. The highest BCUT2D eigenvalue weighted by Gasteiger charge is 2.03. The number of hydrogen-bond acceptors (Lipinski definition) is 5. The molecule has 0 aliphatic carbocycles. The van der Waals surface area contributed by atoms with Crippen LogP contribution in [0.2, 0.25) is 0 Å². The molecule has 5 nitrogen and oxygen atoms in total. The van der Waals surface area contributed by atoms with Crippen molar-refractivity contribution in [3.8, 4) is 22.3 Å². The first-order chi connectivity index (χ1) is 10.9. The van der Waals surface area contributed by atoms with Crippen LogP contribution in [0.25, 0.3) is 22.3 Å². The van der Waals surface area contributed by atoms with Crippen LogP contribution in [0.1, 0.15) is 10.4 Å². The van der Waals surface area contributed by atoms with E-state index in [1.165, 1.54) is 6.20 Å². The van der Waals surface area contributed by atoms with E-state index in [9.17, 15) is 4.79 Å². The summed E-state index contributed by atoms with van der Waals surface area (Å²) in [6.07, 6.45) is 11.1. The fourth-order valence-electron chi connectivity index (χ4n) is 1.97. The normalized spacial score (nSPS) is 9.55. The Balaban J connectivity index is 0.000000847. The maximum absolute atomic E-state index is 10.8. The van der Waals surface area contributed by atoms with Gasteiger partial charge in [0.15, 0.2) is 6.29 Å². The van der Waals surface area contributed by atoms with E-state index in [0.717, 1.165) is 35.6 Å². The molecule has 3 aromatic heterocycles. The molecule has 0 bridgehead atoms. The fraction of sp³-hybridized carbons (Fsp3) is 0.0588. The molecule has 5 heteroatoms. The fourth-order valence-corrected chi connectivity index (χ4v) is 1.97. The van der Waals surface area contributed by atoms with Gasteiger partial charge in [-0.25, -0.2) is 0 Å². The van der Waals surface area contributed by atoms with Gasteiger partial charge in [0.05, 0.1) is 0 Å². The van der Waals surface area contributed by atoms with Crippen molar-refractivity contribution in [1.29, 1.82) is 0 Å². The summed E-state index contributed by atoms with van der Waals surface area (Å²) < 4.78 is 0. The number of pyridine rings is 3. The number of aromatic nitrogens is 3. The molecular weight excluding hydrogens is 278 g/mol. The van der Waals surface area contributed by atoms with E-state index < -0.39 is 0 Å². The van der Waals surface area contributed by atoms with E-state index in [2.05, 4.69) is 15.0 Å². The van der Waals surface area contributed by atoms with Crippen LogP contribution in [0.5, 0.6) is 0 Å². The van der Waals surface area contributed by atoms with Gasteiger partial charge in [0.1, 0.15) is 0 Å². The maximum Gasteiger partial charge on any atom is 0.151 e. The molecular formula is C17H15N3O2.